The number of ether oxygens (including phenoxy) is 1. The van der Waals surface area contributed by atoms with Crippen molar-refractivity contribution < 1.29 is 4.74 Å². The lowest BCUT2D eigenvalue weighted by Gasteiger charge is -2.28. The van der Waals surface area contributed by atoms with Crippen molar-refractivity contribution in [2.24, 2.45) is 0 Å². The van der Waals surface area contributed by atoms with Crippen LogP contribution < -0.4 is 4.90 Å². The number of aromatic nitrogens is 5. The van der Waals surface area contributed by atoms with Gasteiger partial charge in [0.2, 0.25) is 0 Å². The van der Waals surface area contributed by atoms with Crippen LogP contribution in [-0.4, -0.2) is 51.2 Å². The Hall–Kier alpha value is -3.45. The van der Waals surface area contributed by atoms with E-state index in [4.69, 9.17) is 19.7 Å². The average molecular weight is 370 g/mol. The first-order valence-corrected chi connectivity index (χ1v) is 9.23. The fourth-order valence-corrected chi connectivity index (χ4v) is 3.27. The summed E-state index contributed by atoms with van der Waals surface area (Å²) < 4.78 is 5.49. The van der Waals surface area contributed by atoms with Gasteiger partial charge in [0.25, 0.3) is 0 Å². The fraction of sp³-hybridized carbons (Fsp3) is 0.190. The second kappa shape index (κ2) is 7.28. The minimum Gasteiger partial charge on any atom is -0.378 e. The highest BCUT2D eigenvalue weighted by Gasteiger charge is 2.19. The molecule has 7 heteroatoms. The summed E-state index contributed by atoms with van der Waals surface area (Å²) in [5.41, 5.74) is 3.24. The molecule has 1 saturated heterocycles. The van der Waals surface area contributed by atoms with Crippen molar-refractivity contribution in [3.8, 4) is 22.9 Å². The molecule has 0 amide bonds. The van der Waals surface area contributed by atoms with Crippen molar-refractivity contribution in [1.82, 2.24) is 24.9 Å². The molecule has 138 valence electrons. The van der Waals surface area contributed by atoms with Crippen molar-refractivity contribution in [2.45, 2.75) is 0 Å². The molecule has 0 atom stereocenters. The number of hydrogen-bond acceptors (Lipinski definition) is 7. The highest BCUT2D eigenvalue weighted by molar-refractivity contribution is 5.87. The van der Waals surface area contributed by atoms with Gasteiger partial charge in [-0.25, -0.2) is 19.9 Å². The van der Waals surface area contributed by atoms with Gasteiger partial charge in [-0.3, -0.25) is 4.98 Å². The van der Waals surface area contributed by atoms with Gasteiger partial charge in [0.15, 0.2) is 17.5 Å². The maximum absolute atomic E-state index is 5.49. The zero-order valence-electron chi connectivity index (χ0n) is 15.2. The third-order valence-electron chi connectivity index (χ3n) is 4.66. The number of fused-ring (bicyclic) bond motifs is 1. The zero-order valence-corrected chi connectivity index (χ0v) is 15.2. The molecule has 0 aliphatic carbocycles. The predicted octanol–water partition coefficient (Wildman–Crippen LogP) is 2.99. The van der Waals surface area contributed by atoms with E-state index in [1.807, 2.05) is 48.5 Å². The summed E-state index contributed by atoms with van der Waals surface area (Å²) in [4.78, 5) is 25.4. The van der Waals surface area contributed by atoms with E-state index in [1.54, 1.807) is 12.4 Å². The summed E-state index contributed by atoms with van der Waals surface area (Å²) in [7, 11) is 0. The topological polar surface area (TPSA) is 76.9 Å². The molecule has 0 radical (unpaired) electrons. The molecule has 0 unspecified atom stereocenters. The molecule has 3 aromatic heterocycles. The van der Waals surface area contributed by atoms with Crippen molar-refractivity contribution in [3.05, 3.63) is 60.9 Å². The lowest BCUT2D eigenvalue weighted by Crippen LogP contribution is -2.37. The number of hydrogen-bond donors (Lipinski definition) is 0. The molecule has 0 bridgehead atoms. The minimum absolute atomic E-state index is 0.571. The van der Waals surface area contributed by atoms with E-state index in [0.717, 1.165) is 35.5 Å². The molecule has 28 heavy (non-hydrogen) atoms. The number of anilines is 1. The lowest BCUT2D eigenvalue weighted by atomic mass is 10.2. The zero-order chi connectivity index (χ0) is 18.8. The second-order valence-corrected chi connectivity index (χ2v) is 6.47. The van der Waals surface area contributed by atoms with Gasteiger partial charge in [0, 0.05) is 31.0 Å². The van der Waals surface area contributed by atoms with Crippen LogP contribution in [0.1, 0.15) is 0 Å². The first-order valence-electron chi connectivity index (χ1n) is 9.23. The number of pyridine rings is 1. The average Bonchev–Trinajstić information content (AvgIpc) is 2.79. The Labute approximate surface area is 162 Å². The Bertz CT molecular complexity index is 1110. The van der Waals surface area contributed by atoms with Gasteiger partial charge in [-0.15, -0.1) is 0 Å². The largest absolute Gasteiger partial charge is 0.378 e. The highest BCUT2D eigenvalue weighted by Crippen LogP contribution is 2.26. The molecule has 0 spiro atoms. The van der Waals surface area contributed by atoms with E-state index >= 15 is 0 Å². The van der Waals surface area contributed by atoms with Crippen molar-refractivity contribution in [3.63, 3.8) is 0 Å². The Morgan fingerprint density at radius 1 is 0.750 bits per heavy atom. The normalized spacial score (nSPS) is 14.4. The maximum Gasteiger partial charge on any atom is 0.181 e. The molecular formula is C21H18N6O. The Morgan fingerprint density at radius 2 is 1.61 bits per heavy atom. The van der Waals surface area contributed by atoms with E-state index in [0.29, 0.717) is 30.6 Å². The van der Waals surface area contributed by atoms with Crippen LogP contribution in [0.3, 0.4) is 0 Å². The summed E-state index contributed by atoms with van der Waals surface area (Å²) in [6.45, 7) is 2.92. The minimum atomic E-state index is 0.571. The van der Waals surface area contributed by atoms with Gasteiger partial charge >= 0.3 is 0 Å². The molecule has 1 aliphatic heterocycles. The van der Waals surface area contributed by atoms with Gasteiger partial charge in [0.1, 0.15) is 11.2 Å². The van der Waals surface area contributed by atoms with Crippen LogP contribution in [0.5, 0.6) is 0 Å². The van der Waals surface area contributed by atoms with Crippen LogP contribution in [0.25, 0.3) is 33.9 Å². The van der Waals surface area contributed by atoms with Crippen LogP contribution in [0.4, 0.5) is 5.82 Å². The van der Waals surface area contributed by atoms with Crippen molar-refractivity contribution in [1.29, 1.82) is 0 Å². The lowest BCUT2D eigenvalue weighted by molar-refractivity contribution is 0.122. The van der Waals surface area contributed by atoms with E-state index in [1.165, 1.54) is 0 Å². The number of morpholine rings is 1. The molecule has 4 aromatic rings. The van der Waals surface area contributed by atoms with E-state index in [2.05, 4.69) is 14.9 Å². The van der Waals surface area contributed by atoms with Crippen LogP contribution in [0.2, 0.25) is 0 Å². The van der Waals surface area contributed by atoms with E-state index in [9.17, 15) is 0 Å². The van der Waals surface area contributed by atoms with Gasteiger partial charge in [-0.05, 0) is 18.2 Å². The van der Waals surface area contributed by atoms with Gasteiger partial charge in [-0.1, -0.05) is 30.3 Å². The summed E-state index contributed by atoms with van der Waals surface area (Å²) in [5.74, 6) is 2.05. The quantitative estimate of drug-likeness (QED) is 0.549. The van der Waals surface area contributed by atoms with Crippen molar-refractivity contribution in [2.75, 3.05) is 31.2 Å². The first kappa shape index (κ1) is 16.7. The van der Waals surface area contributed by atoms with Crippen LogP contribution >= 0.6 is 0 Å². The Kier molecular flexibility index (Phi) is 4.34. The Balaban J connectivity index is 1.63. The van der Waals surface area contributed by atoms with Crippen molar-refractivity contribution >= 4 is 16.9 Å². The third-order valence-corrected chi connectivity index (χ3v) is 4.66. The second-order valence-electron chi connectivity index (χ2n) is 6.47. The summed E-state index contributed by atoms with van der Waals surface area (Å²) in [6.07, 6.45) is 3.52. The molecule has 0 saturated carbocycles. The summed E-state index contributed by atoms with van der Waals surface area (Å²) >= 11 is 0. The van der Waals surface area contributed by atoms with Gasteiger partial charge in [0.05, 0.1) is 18.7 Å². The van der Waals surface area contributed by atoms with Crippen LogP contribution in [0.15, 0.2) is 60.9 Å². The molecule has 5 rings (SSSR count). The molecule has 1 fully saturated rings. The number of nitrogens with zero attached hydrogens (tertiary/aromatic N) is 6. The van der Waals surface area contributed by atoms with Gasteiger partial charge < -0.3 is 9.64 Å². The Morgan fingerprint density at radius 3 is 2.46 bits per heavy atom. The third kappa shape index (κ3) is 3.16. The molecule has 0 N–H and O–H groups in total. The maximum atomic E-state index is 5.49. The molecule has 4 heterocycles. The standard InChI is InChI=1S/C21H18N6O/c1-2-5-15(6-3-1)19-23-10-8-17(25-19)20-24-16-7-4-9-22-18(16)21(26-20)27-11-13-28-14-12-27/h1-10H,11-14H2. The van der Waals surface area contributed by atoms with E-state index < -0.39 is 0 Å². The summed E-state index contributed by atoms with van der Waals surface area (Å²) in [5, 5.41) is 0. The number of benzene rings is 1. The predicted molar refractivity (Wildman–Crippen MR) is 107 cm³/mol. The SMILES string of the molecule is c1ccc(-c2nccc(-c3nc(N4CCOCC4)c4ncccc4n3)n2)cc1. The van der Waals surface area contributed by atoms with Crippen LogP contribution in [0, 0.1) is 0 Å². The molecule has 7 nitrogen and oxygen atoms in total. The fourth-order valence-electron chi connectivity index (χ4n) is 3.27. The molecule has 1 aliphatic rings. The van der Waals surface area contributed by atoms with Crippen LogP contribution in [-0.2, 0) is 4.74 Å². The summed E-state index contributed by atoms with van der Waals surface area (Å²) in [6, 6.07) is 15.6. The van der Waals surface area contributed by atoms with Gasteiger partial charge in [-0.2, -0.15) is 0 Å². The molecule has 1 aromatic carbocycles. The number of rotatable bonds is 3. The first-order chi connectivity index (χ1) is 13.9. The molecular weight excluding hydrogens is 352 g/mol. The highest BCUT2D eigenvalue weighted by atomic mass is 16.5. The smallest absolute Gasteiger partial charge is 0.181 e. The van der Waals surface area contributed by atoms with E-state index in [-0.39, 0.29) is 0 Å². The monoisotopic (exact) mass is 370 g/mol.